The molecule has 0 bridgehead atoms. The summed E-state index contributed by atoms with van der Waals surface area (Å²) in [5.41, 5.74) is 13.4. The second-order valence-electron chi connectivity index (χ2n) is 13.7. The second-order valence-corrected chi connectivity index (χ2v) is 13.7. The van der Waals surface area contributed by atoms with E-state index in [1.165, 1.54) is 98.4 Å². The highest BCUT2D eigenvalue weighted by Crippen LogP contribution is 2.39. The lowest BCUT2D eigenvalue weighted by atomic mass is 9.85. The molecular weight excluding hydrogens is 577 g/mol. The maximum absolute atomic E-state index is 2.47. The van der Waals surface area contributed by atoms with Gasteiger partial charge < -0.3 is 0 Å². The molecule has 3 aliphatic carbocycles. The minimum atomic E-state index is 1.11. The number of hydrogen-bond donors (Lipinski definition) is 0. The number of aryl methyl sites for hydroxylation is 1. The van der Waals surface area contributed by atoms with Crippen molar-refractivity contribution in [1.82, 2.24) is 0 Å². The molecule has 10 rings (SSSR count). The smallest absolute Gasteiger partial charge is 0.00930 e. The predicted molar refractivity (Wildman–Crippen MR) is 207 cm³/mol. The fourth-order valence-electron chi connectivity index (χ4n) is 8.71. The summed E-state index contributed by atoms with van der Waals surface area (Å²) in [5.74, 6) is 0. The van der Waals surface area contributed by atoms with E-state index in [9.17, 15) is 0 Å². The van der Waals surface area contributed by atoms with Gasteiger partial charge in [0, 0.05) is 0 Å². The van der Waals surface area contributed by atoms with Crippen LogP contribution in [0.15, 0.2) is 121 Å². The minimum Gasteiger partial charge on any atom is -0.0836 e. The van der Waals surface area contributed by atoms with Gasteiger partial charge in [-0.15, -0.1) is 0 Å². The van der Waals surface area contributed by atoms with Gasteiger partial charge in [0.2, 0.25) is 0 Å². The number of allylic oxidation sites excluding steroid dienone is 2. The maximum Gasteiger partial charge on any atom is -0.00930 e. The fourth-order valence-corrected chi connectivity index (χ4v) is 8.71. The highest BCUT2D eigenvalue weighted by atomic mass is 14.2. The molecule has 0 amide bonds. The third-order valence-electron chi connectivity index (χ3n) is 11.0. The van der Waals surface area contributed by atoms with E-state index < -0.39 is 0 Å². The number of hydrogen-bond acceptors (Lipinski definition) is 0. The summed E-state index contributed by atoms with van der Waals surface area (Å²) in [4.78, 5) is 0. The van der Waals surface area contributed by atoms with Crippen molar-refractivity contribution in [1.29, 1.82) is 0 Å². The molecule has 48 heavy (non-hydrogen) atoms. The van der Waals surface area contributed by atoms with Crippen LogP contribution in [0.1, 0.15) is 47.9 Å². The van der Waals surface area contributed by atoms with Crippen LogP contribution in [0, 0.1) is 0 Å². The molecule has 0 nitrogen and oxygen atoms in total. The lowest BCUT2D eigenvalue weighted by Gasteiger charge is -2.19. The van der Waals surface area contributed by atoms with E-state index >= 15 is 0 Å². The van der Waals surface area contributed by atoms with Gasteiger partial charge in [-0.2, -0.15) is 0 Å². The summed E-state index contributed by atoms with van der Waals surface area (Å²) in [6.45, 7) is 0. The summed E-state index contributed by atoms with van der Waals surface area (Å²) in [6, 6.07) is 41.3. The molecule has 0 saturated heterocycles. The maximum atomic E-state index is 2.47. The van der Waals surface area contributed by atoms with Crippen molar-refractivity contribution in [2.75, 3.05) is 0 Å². The molecule has 7 aromatic carbocycles. The van der Waals surface area contributed by atoms with Crippen LogP contribution in [0.25, 0.3) is 90.0 Å². The summed E-state index contributed by atoms with van der Waals surface area (Å²) >= 11 is 0. The van der Waals surface area contributed by atoms with Gasteiger partial charge in [0.05, 0.1) is 0 Å². The van der Waals surface area contributed by atoms with E-state index in [4.69, 9.17) is 0 Å². The van der Waals surface area contributed by atoms with Crippen LogP contribution < -0.4 is 10.4 Å². The summed E-state index contributed by atoms with van der Waals surface area (Å²) in [5, 5.41) is 11.2. The zero-order valence-corrected chi connectivity index (χ0v) is 27.1. The van der Waals surface area contributed by atoms with Crippen LogP contribution in [-0.2, 0) is 12.8 Å². The van der Waals surface area contributed by atoms with Crippen LogP contribution in [0.5, 0.6) is 0 Å². The zero-order chi connectivity index (χ0) is 31.6. The lowest BCUT2D eigenvalue weighted by Crippen LogP contribution is -2.33. The Balaban J connectivity index is 1.07. The van der Waals surface area contributed by atoms with E-state index in [0.717, 1.165) is 38.5 Å². The van der Waals surface area contributed by atoms with Crippen molar-refractivity contribution in [3.63, 3.8) is 0 Å². The Bertz CT molecular complexity index is 2660. The average Bonchev–Trinajstić information content (AvgIpc) is 3.18. The monoisotopic (exact) mass is 612 g/mol. The molecule has 0 unspecified atom stereocenters. The summed E-state index contributed by atoms with van der Waals surface area (Å²) in [6.07, 6.45) is 21.1. The first kappa shape index (κ1) is 27.6. The highest BCUT2D eigenvalue weighted by molar-refractivity contribution is 6.14. The second kappa shape index (κ2) is 11.1. The number of benzene rings is 7. The van der Waals surface area contributed by atoms with Crippen molar-refractivity contribution < 1.29 is 0 Å². The third-order valence-corrected chi connectivity index (χ3v) is 11.0. The zero-order valence-electron chi connectivity index (χ0n) is 27.1. The van der Waals surface area contributed by atoms with Crippen molar-refractivity contribution in [2.24, 2.45) is 0 Å². The molecule has 0 atom stereocenters. The van der Waals surface area contributed by atoms with Crippen LogP contribution in [0.2, 0.25) is 0 Å². The first-order chi connectivity index (χ1) is 23.8. The Kier molecular flexibility index (Phi) is 6.37. The van der Waals surface area contributed by atoms with Gasteiger partial charge >= 0.3 is 0 Å². The van der Waals surface area contributed by atoms with Crippen molar-refractivity contribution in [2.45, 2.75) is 38.5 Å². The van der Waals surface area contributed by atoms with Crippen LogP contribution in [0.4, 0.5) is 0 Å². The lowest BCUT2D eigenvalue weighted by molar-refractivity contribution is 0.969. The largest absolute Gasteiger partial charge is 0.0836 e. The molecule has 0 N–H and O–H groups in total. The molecule has 0 saturated carbocycles. The van der Waals surface area contributed by atoms with Crippen molar-refractivity contribution in [3.8, 4) is 33.4 Å². The molecule has 3 aliphatic rings. The van der Waals surface area contributed by atoms with E-state index in [0.29, 0.717) is 0 Å². The Morgan fingerprint density at radius 2 is 0.875 bits per heavy atom. The standard InChI is InChI=1S/C48H36/c1-3-19-41-37(15-1)39-17-5-7-21-43(39)47-29-35(23-25-45(41)47)33-13-9-11-31(27-33)32-12-10-14-34(28-32)36-24-26-46-42-20-4-2-16-38(42)40-18-6-8-22-44(40)48(46)30-36/h3,5,7-14,16-17,19-30H,1-2,4,6,15,18H2. The highest BCUT2D eigenvalue weighted by Gasteiger charge is 2.17. The molecule has 0 aromatic heterocycles. The van der Waals surface area contributed by atoms with Crippen LogP contribution in [0.3, 0.4) is 0 Å². The van der Waals surface area contributed by atoms with Crippen LogP contribution in [-0.4, -0.2) is 0 Å². The van der Waals surface area contributed by atoms with Gasteiger partial charge in [-0.05, 0) is 161 Å². The Morgan fingerprint density at radius 1 is 0.333 bits per heavy atom. The van der Waals surface area contributed by atoms with E-state index in [1.807, 2.05) is 0 Å². The first-order valence-corrected chi connectivity index (χ1v) is 17.6. The van der Waals surface area contributed by atoms with E-state index in [-0.39, 0.29) is 0 Å². The van der Waals surface area contributed by atoms with Crippen molar-refractivity contribution in [3.05, 3.63) is 154 Å². The molecular formula is C48H36. The fraction of sp³-hybridized carbons (Fsp3) is 0.125. The normalized spacial score (nSPS) is 14.8. The molecule has 0 aliphatic heterocycles. The van der Waals surface area contributed by atoms with Crippen molar-refractivity contribution >= 4 is 56.6 Å². The topological polar surface area (TPSA) is 0 Å². The molecule has 0 heteroatoms. The molecule has 0 fully saturated rings. The molecule has 0 spiro atoms. The van der Waals surface area contributed by atoms with Gasteiger partial charge in [-0.1, -0.05) is 121 Å². The molecule has 0 heterocycles. The summed E-state index contributed by atoms with van der Waals surface area (Å²) < 4.78 is 0. The number of rotatable bonds is 3. The third kappa shape index (κ3) is 4.36. The van der Waals surface area contributed by atoms with Gasteiger partial charge in [0.1, 0.15) is 0 Å². The first-order valence-electron chi connectivity index (χ1n) is 17.6. The quantitative estimate of drug-likeness (QED) is 0.174. The van der Waals surface area contributed by atoms with Gasteiger partial charge in [-0.3, -0.25) is 0 Å². The molecule has 7 aromatic rings. The number of fused-ring (bicyclic) bond motifs is 12. The van der Waals surface area contributed by atoms with Gasteiger partial charge in [-0.25, -0.2) is 0 Å². The van der Waals surface area contributed by atoms with Crippen LogP contribution >= 0.6 is 0 Å². The SMILES string of the molecule is C1=Cc2c(c3c(c4ccc(-c5cccc(-c6cccc(-c7ccc8c9c(c%10ccccc%10c8c7)CCC=C9)c6)c5)cc24)=CCCC=3)CC1. The Hall–Kier alpha value is -5.46. The molecule has 0 radical (unpaired) electrons. The van der Waals surface area contributed by atoms with E-state index in [2.05, 4.69) is 146 Å². The minimum absolute atomic E-state index is 1.11. The van der Waals surface area contributed by atoms with E-state index in [1.54, 1.807) is 0 Å². The Labute approximate surface area is 281 Å². The summed E-state index contributed by atoms with van der Waals surface area (Å²) in [7, 11) is 0. The van der Waals surface area contributed by atoms with Gasteiger partial charge in [0.25, 0.3) is 0 Å². The Morgan fingerprint density at radius 3 is 1.56 bits per heavy atom. The average molecular weight is 613 g/mol. The molecule has 228 valence electrons. The predicted octanol–water partition coefficient (Wildman–Crippen LogP) is 11.4. The van der Waals surface area contributed by atoms with Gasteiger partial charge in [0.15, 0.2) is 0 Å².